The van der Waals surface area contributed by atoms with Gasteiger partial charge in [0.1, 0.15) is 5.56 Å². The standard InChI is InChI=1S/C15H22N2O5/c1-5-7-16(8-6-2)15(18)11-9-13(21-3)14(22-4)10-12(11)17(19)20/h9-10H,5-8H2,1-4H3. The predicted molar refractivity (Wildman–Crippen MR) is 82.7 cm³/mol. The maximum atomic E-state index is 12.6. The normalized spacial score (nSPS) is 10.2. The van der Waals surface area contributed by atoms with Crippen LogP contribution in [0.25, 0.3) is 0 Å². The van der Waals surface area contributed by atoms with Crippen LogP contribution in [0.15, 0.2) is 12.1 Å². The van der Waals surface area contributed by atoms with Gasteiger partial charge < -0.3 is 14.4 Å². The summed E-state index contributed by atoms with van der Waals surface area (Å²) in [6, 6.07) is 2.60. The van der Waals surface area contributed by atoms with Crippen molar-refractivity contribution in [3.8, 4) is 11.5 Å². The highest BCUT2D eigenvalue weighted by atomic mass is 16.6. The Labute approximate surface area is 130 Å². The third kappa shape index (κ3) is 3.87. The van der Waals surface area contributed by atoms with Gasteiger partial charge in [0.2, 0.25) is 0 Å². The average Bonchev–Trinajstić information content (AvgIpc) is 2.52. The first-order valence-electron chi connectivity index (χ1n) is 7.19. The molecule has 0 unspecified atom stereocenters. The van der Waals surface area contributed by atoms with Gasteiger partial charge in [0, 0.05) is 19.2 Å². The number of rotatable bonds is 8. The number of methoxy groups -OCH3 is 2. The molecule has 0 saturated carbocycles. The summed E-state index contributed by atoms with van der Waals surface area (Å²) in [5.74, 6) is 0.157. The third-order valence-corrected chi connectivity index (χ3v) is 3.20. The van der Waals surface area contributed by atoms with Gasteiger partial charge in [-0.1, -0.05) is 13.8 Å². The van der Waals surface area contributed by atoms with E-state index in [1.165, 1.54) is 26.4 Å². The van der Waals surface area contributed by atoms with Gasteiger partial charge in [-0.2, -0.15) is 0 Å². The molecule has 0 spiro atoms. The van der Waals surface area contributed by atoms with Crippen LogP contribution in [-0.4, -0.2) is 43.0 Å². The van der Waals surface area contributed by atoms with Crippen LogP contribution < -0.4 is 9.47 Å². The van der Waals surface area contributed by atoms with Crippen molar-refractivity contribution in [1.29, 1.82) is 0 Å². The first kappa shape index (κ1) is 17.7. The monoisotopic (exact) mass is 310 g/mol. The lowest BCUT2D eigenvalue weighted by atomic mass is 10.1. The van der Waals surface area contributed by atoms with Crippen LogP contribution in [0.5, 0.6) is 11.5 Å². The van der Waals surface area contributed by atoms with Gasteiger partial charge in [0.15, 0.2) is 11.5 Å². The van der Waals surface area contributed by atoms with Gasteiger partial charge in [-0.3, -0.25) is 14.9 Å². The Morgan fingerprint density at radius 2 is 1.64 bits per heavy atom. The molecule has 22 heavy (non-hydrogen) atoms. The van der Waals surface area contributed by atoms with E-state index in [-0.39, 0.29) is 22.9 Å². The van der Waals surface area contributed by atoms with Gasteiger partial charge in [-0.25, -0.2) is 0 Å². The van der Waals surface area contributed by atoms with Gasteiger partial charge in [-0.05, 0) is 12.8 Å². The number of carbonyl (C=O) groups excluding carboxylic acids is 1. The zero-order chi connectivity index (χ0) is 16.7. The number of benzene rings is 1. The Kier molecular flexibility index (Phi) is 6.62. The fourth-order valence-corrected chi connectivity index (χ4v) is 2.22. The smallest absolute Gasteiger partial charge is 0.286 e. The Morgan fingerprint density at radius 1 is 1.14 bits per heavy atom. The molecule has 0 aliphatic heterocycles. The zero-order valence-electron chi connectivity index (χ0n) is 13.4. The Bertz CT molecular complexity index is 539. The Hall–Kier alpha value is -2.31. The molecule has 7 heteroatoms. The molecule has 1 rings (SSSR count). The van der Waals surface area contributed by atoms with Crippen molar-refractivity contribution in [1.82, 2.24) is 4.90 Å². The summed E-state index contributed by atoms with van der Waals surface area (Å²) < 4.78 is 10.2. The van der Waals surface area contributed by atoms with Crippen LogP contribution in [0, 0.1) is 10.1 Å². The largest absolute Gasteiger partial charge is 0.493 e. The van der Waals surface area contributed by atoms with Crippen LogP contribution in [0.1, 0.15) is 37.0 Å². The molecule has 0 bridgehead atoms. The summed E-state index contributed by atoms with van der Waals surface area (Å²) in [5.41, 5.74) is -0.260. The summed E-state index contributed by atoms with van der Waals surface area (Å²) in [7, 11) is 2.82. The molecular weight excluding hydrogens is 288 g/mol. The number of carbonyl (C=O) groups is 1. The van der Waals surface area contributed by atoms with Crippen LogP contribution in [0.3, 0.4) is 0 Å². The highest BCUT2D eigenvalue weighted by Crippen LogP contribution is 2.35. The number of hydrogen-bond donors (Lipinski definition) is 0. The topological polar surface area (TPSA) is 81.9 Å². The van der Waals surface area contributed by atoms with Crippen molar-refractivity contribution in [2.75, 3.05) is 27.3 Å². The van der Waals surface area contributed by atoms with E-state index in [2.05, 4.69) is 0 Å². The molecule has 1 aromatic carbocycles. The fourth-order valence-electron chi connectivity index (χ4n) is 2.22. The highest BCUT2D eigenvalue weighted by Gasteiger charge is 2.27. The lowest BCUT2D eigenvalue weighted by Gasteiger charge is -2.22. The number of ether oxygens (including phenoxy) is 2. The molecule has 0 aliphatic carbocycles. The SMILES string of the molecule is CCCN(CCC)C(=O)c1cc(OC)c(OC)cc1[N+](=O)[O-]. The van der Waals surface area contributed by atoms with E-state index in [4.69, 9.17) is 9.47 Å². The van der Waals surface area contributed by atoms with E-state index in [0.717, 1.165) is 12.8 Å². The van der Waals surface area contributed by atoms with Gasteiger partial charge in [-0.15, -0.1) is 0 Å². The van der Waals surface area contributed by atoms with E-state index in [9.17, 15) is 14.9 Å². The minimum atomic E-state index is -0.578. The van der Waals surface area contributed by atoms with Gasteiger partial charge in [0.25, 0.3) is 11.6 Å². The Balaban J connectivity index is 3.36. The van der Waals surface area contributed by atoms with Gasteiger partial charge >= 0.3 is 0 Å². The van der Waals surface area contributed by atoms with E-state index >= 15 is 0 Å². The minimum Gasteiger partial charge on any atom is -0.493 e. The number of nitro benzene ring substituents is 1. The maximum Gasteiger partial charge on any atom is 0.286 e. The molecule has 1 aromatic rings. The second-order valence-electron chi connectivity index (χ2n) is 4.77. The lowest BCUT2D eigenvalue weighted by Crippen LogP contribution is -2.33. The van der Waals surface area contributed by atoms with E-state index < -0.39 is 4.92 Å². The molecule has 0 aromatic heterocycles. The molecule has 0 heterocycles. The molecule has 1 amide bonds. The summed E-state index contributed by atoms with van der Waals surface area (Å²) in [6.07, 6.45) is 1.57. The minimum absolute atomic E-state index is 0.0181. The molecular formula is C15H22N2O5. The molecule has 0 aliphatic rings. The van der Waals surface area contributed by atoms with Crippen LogP contribution in [-0.2, 0) is 0 Å². The zero-order valence-corrected chi connectivity index (χ0v) is 13.4. The van der Waals surface area contributed by atoms with Crippen LogP contribution in [0.4, 0.5) is 5.69 Å². The predicted octanol–water partition coefficient (Wildman–Crippen LogP) is 2.87. The molecule has 0 radical (unpaired) electrons. The van der Waals surface area contributed by atoms with Crippen molar-refractivity contribution in [2.45, 2.75) is 26.7 Å². The van der Waals surface area contributed by atoms with Crippen molar-refractivity contribution >= 4 is 11.6 Å². The van der Waals surface area contributed by atoms with Crippen molar-refractivity contribution in [3.63, 3.8) is 0 Å². The first-order chi connectivity index (χ1) is 10.5. The van der Waals surface area contributed by atoms with Crippen molar-refractivity contribution < 1.29 is 19.2 Å². The van der Waals surface area contributed by atoms with Crippen molar-refractivity contribution in [3.05, 3.63) is 27.8 Å². The fraction of sp³-hybridized carbons (Fsp3) is 0.533. The summed E-state index contributed by atoms with van der Waals surface area (Å²) >= 11 is 0. The van der Waals surface area contributed by atoms with Crippen LogP contribution >= 0.6 is 0 Å². The first-order valence-corrected chi connectivity index (χ1v) is 7.19. The van der Waals surface area contributed by atoms with Gasteiger partial charge in [0.05, 0.1) is 25.2 Å². The number of nitrogens with zero attached hydrogens (tertiary/aromatic N) is 2. The van der Waals surface area contributed by atoms with E-state index in [1.807, 2.05) is 13.8 Å². The number of hydrogen-bond acceptors (Lipinski definition) is 5. The highest BCUT2D eigenvalue weighted by molar-refractivity contribution is 5.99. The molecule has 0 atom stereocenters. The molecule has 0 saturated heterocycles. The second kappa shape index (κ2) is 8.21. The number of nitro groups is 1. The quantitative estimate of drug-likeness (QED) is 0.544. The Morgan fingerprint density at radius 3 is 2.05 bits per heavy atom. The third-order valence-electron chi connectivity index (χ3n) is 3.20. The number of amides is 1. The summed E-state index contributed by atoms with van der Waals surface area (Å²) in [5, 5.41) is 11.3. The second-order valence-corrected chi connectivity index (χ2v) is 4.77. The average molecular weight is 310 g/mol. The lowest BCUT2D eigenvalue weighted by molar-refractivity contribution is -0.385. The van der Waals surface area contributed by atoms with Crippen molar-refractivity contribution in [2.24, 2.45) is 0 Å². The van der Waals surface area contributed by atoms with Crippen LogP contribution in [0.2, 0.25) is 0 Å². The molecule has 7 nitrogen and oxygen atoms in total. The van der Waals surface area contributed by atoms with E-state index in [0.29, 0.717) is 18.8 Å². The molecule has 122 valence electrons. The molecule has 0 N–H and O–H groups in total. The maximum absolute atomic E-state index is 12.6. The summed E-state index contributed by atoms with van der Waals surface area (Å²) in [4.78, 5) is 25.0. The molecule has 0 fully saturated rings. The summed E-state index contributed by atoms with van der Waals surface area (Å²) in [6.45, 7) is 5.02. The van der Waals surface area contributed by atoms with E-state index in [1.54, 1.807) is 4.90 Å².